The molecule has 1 aromatic rings. The van der Waals surface area contributed by atoms with Crippen LogP contribution in [0, 0.1) is 12.3 Å². The van der Waals surface area contributed by atoms with Crippen molar-refractivity contribution in [3.05, 3.63) is 24.3 Å². The van der Waals surface area contributed by atoms with Crippen LogP contribution in [0.1, 0.15) is 6.42 Å². The number of hydrogen-bond donors (Lipinski definition) is 0. The van der Waals surface area contributed by atoms with Gasteiger partial charge < -0.3 is 9.64 Å². The highest BCUT2D eigenvalue weighted by Crippen LogP contribution is 2.32. The van der Waals surface area contributed by atoms with Gasteiger partial charge in [0.1, 0.15) is 12.4 Å². The number of anilines is 1. The van der Waals surface area contributed by atoms with Crippen LogP contribution in [-0.2, 0) is 4.79 Å². The van der Waals surface area contributed by atoms with Crippen molar-refractivity contribution in [1.29, 1.82) is 0 Å². The number of rotatable bonds is 3. The Kier molecular flexibility index (Phi) is 3.70. The first kappa shape index (κ1) is 12.0. The van der Waals surface area contributed by atoms with E-state index in [4.69, 9.17) is 11.2 Å². The third-order valence-corrected chi connectivity index (χ3v) is 3.16. The molecule has 1 aliphatic heterocycles. The molecule has 1 fully saturated rings. The molecule has 88 valence electrons. The molecule has 3 nitrogen and oxygen atoms in total. The molecule has 0 bridgehead atoms. The summed E-state index contributed by atoms with van der Waals surface area (Å²) in [4.78, 5) is 13.7. The van der Waals surface area contributed by atoms with Crippen LogP contribution in [0.25, 0.3) is 0 Å². The smallest absolute Gasteiger partial charge is 0.228 e. The molecule has 1 amide bonds. The van der Waals surface area contributed by atoms with Gasteiger partial charge in [-0.05, 0) is 12.1 Å². The standard InChI is InChI=1S/C13H12BrNO2/c1-2-7-17-12-6-4-3-5-11(12)15-9-10(14)8-13(15)16/h1,3-6,10H,7-9H2. The van der Waals surface area contributed by atoms with Gasteiger partial charge in [0.2, 0.25) is 5.91 Å². The van der Waals surface area contributed by atoms with Gasteiger partial charge in [0.15, 0.2) is 0 Å². The van der Waals surface area contributed by atoms with E-state index < -0.39 is 0 Å². The SMILES string of the molecule is C#CCOc1ccccc1N1CC(Br)CC1=O. The predicted octanol–water partition coefficient (Wildman–Crippen LogP) is 2.20. The lowest BCUT2D eigenvalue weighted by molar-refractivity contribution is -0.117. The second-order valence-corrected chi connectivity index (χ2v) is 5.06. The molecule has 1 saturated heterocycles. The summed E-state index contributed by atoms with van der Waals surface area (Å²) in [5, 5.41) is 0. The largest absolute Gasteiger partial charge is 0.479 e. The summed E-state index contributed by atoms with van der Waals surface area (Å²) in [7, 11) is 0. The molecule has 17 heavy (non-hydrogen) atoms. The van der Waals surface area contributed by atoms with Crippen molar-refractivity contribution in [3.8, 4) is 18.1 Å². The van der Waals surface area contributed by atoms with Gasteiger partial charge in [-0.3, -0.25) is 4.79 Å². The van der Waals surface area contributed by atoms with Gasteiger partial charge in [-0.2, -0.15) is 0 Å². The number of amides is 1. The first-order valence-electron chi connectivity index (χ1n) is 5.32. The van der Waals surface area contributed by atoms with Gasteiger partial charge in [0, 0.05) is 17.8 Å². The molecule has 1 aromatic carbocycles. The number of terminal acetylenes is 1. The molecule has 0 aliphatic carbocycles. The fourth-order valence-electron chi connectivity index (χ4n) is 1.82. The van der Waals surface area contributed by atoms with E-state index in [1.54, 1.807) is 4.90 Å². The maximum Gasteiger partial charge on any atom is 0.228 e. The number of halogens is 1. The van der Waals surface area contributed by atoms with Gasteiger partial charge in [0.25, 0.3) is 0 Å². The monoisotopic (exact) mass is 293 g/mol. The minimum atomic E-state index is 0.101. The molecule has 4 heteroatoms. The number of ether oxygens (including phenoxy) is 1. The lowest BCUT2D eigenvalue weighted by Crippen LogP contribution is -2.25. The zero-order valence-electron chi connectivity index (χ0n) is 9.23. The number of benzene rings is 1. The van der Waals surface area contributed by atoms with Gasteiger partial charge in [0.05, 0.1) is 5.69 Å². The van der Waals surface area contributed by atoms with Crippen molar-refractivity contribution >= 4 is 27.5 Å². The van der Waals surface area contributed by atoms with Gasteiger partial charge in [-0.1, -0.05) is 34.0 Å². The van der Waals surface area contributed by atoms with E-state index >= 15 is 0 Å². The number of carbonyl (C=O) groups is 1. The van der Waals surface area contributed by atoms with E-state index in [1.807, 2.05) is 24.3 Å². The van der Waals surface area contributed by atoms with E-state index in [1.165, 1.54) is 0 Å². The van der Waals surface area contributed by atoms with Crippen molar-refractivity contribution < 1.29 is 9.53 Å². The Morgan fingerprint density at radius 3 is 2.94 bits per heavy atom. The Balaban J connectivity index is 2.26. The van der Waals surface area contributed by atoms with Crippen LogP contribution in [0.2, 0.25) is 0 Å². The van der Waals surface area contributed by atoms with Gasteiger partial charge >= 0.3 is 0 Å². The second kappa shape index (κ2) is 5.24. The average molecular weight is 294 g/mol. The molecule has 1 atom stereocenters. The lowest BCUT2D eigenvalue weighted by atomic mass is 10.2. The minimum absolute atomic E-state index is 0.101. The summed E-state index contributed by atoms with van der Waals surface area (Å²) in [6.45, 7) is 0.867. The van der Waals surface area contributed by atoms with E-state index in [9.17, 15) is 4.79 Å². The molecule has 0 aromatic heterocycles. The Morgan fingerprint density at radius 2 is 2.29 bits per heavy atom. The third-order valence-electron chi connectivity index (χ3n) is 2.54. The van der Waals surface area contributed by atoms with Crippen molar-refractivity contribution in [3.63, 3.8) is 0 Å². The summed E-state index contributed by atoms with van der Waals surface area (Å²) in [5.41, 5.74) is 0.787. The summed E-state index contributed by atoms with van der Waals surface area (Å²) in [5.74, 6) is 3.17. The quantitative estimate of drug-likeness (QED) is 0.632. The summed E-state index contributed by atoms with van der Waals surface area (Å²) in [6.07, 6.45) is 5.68. The van der Waals surface area contributed by atoms with E-state index in [2.05, 4.69) is 21.9 Å². The number of para-hydroxylation sites is 2. The fourth-order valence-corrected chi connectivity index (χ4v) is 2.38. The van der Waals surface area contributed by atoms with Crippen LogP contribution < -0.4 is 9.64 Å². The van der Waals surface area contributed by atoms with Crippen molar-refractivity contribution in [2.45, 2.75) is 11.2 Å². The molecular formula is C13H12BrNO2. The van der Waals surface area contributed by atoms with Crippen LogP contribution in [0.4, 0.5) is 5.69 Å². The Hall–Kier alpha value is -1.47. The molecule has 0 spiro atoms. The van der Waals surface area contributed by atoms with Crippen LogP contribution >= 0.6 is 15.9 Å². The Bertz CT molecular complexity index is 467. The second-order valence-electron chi connectivity index (χ2n) is 3.77. The first-order valence-corrected chi connectivity index (χ1v) is 6.23. The molecule has 1 unspecified atom stereocenters. The van der Waals surface area contributed by atoms with Crippen LogP contribution in [-0.4, -0.2) is 23.9 Å². The van der Waals surface area contributed by atoms with Crippen molar-refractivity contribution in [2.24, 2.45) is 0 Å². The molecule has 1 heterocycles. The summed E-state index contributed by atoms with van der Waals surface area (Å²) < 4.78 is 5.44. The van der Waals surface area contributed by atoms with Gasteiger partial charge in [-0.15, -0.1) is 6.42 Å². The van der Waals surface area contributed by atoms with E-state index in [-0.39, 0.29) is 17.3 Å². The highest BCUT2D eigenvalue weighted by molar-refractivity contribution is 9.09. The maximum atomic E-state index is 11.8. The van der Waals surface area contributed by atoms with Crippen LogP contribution in [0.5, 0.6) is 5.75 Å². The molecule has 0 N–H and O–H groups in total. The predicted molar refractivity (Wildman–Crippen MR) is 70.5 cm³/mol. The Labute approximate surface area is 109 Å². The van der Waals surface area contributed by atoms with Gasteiger partial charge in [-0.25, -0.2) is 0 Å². The topological polar surface area (TPSA) is 29.5 Å². The van der Waals surface area contributed by atoms with Crippen LogP contribution in [0.15, 0.2) is 24.3 Å². The maximum absolute atomic E-state index is 11.8. The zero-order chi connectivity index (χ0) is 12.3. The molecule has 0 saturated carbocycles. The van der Waals surface area contributed by atoms with E-state index in [0.29, 0.717) is 18.7 Å². The average Bonchev–Trinajstić information content (AvgIpc) is 2.66. The normalized spacial score (nSPS) is 19.2. The van der Waals surface area contributed by atoms with E-state index in [0.717, 1.165) is 5.69 Å². The summed E-state index contributed by atoms with van der Waals surface area (Å²) >= 11 is 3.46. The Morgan fingerprint density at radius 1 is 1.53 bits per heavy atom. The number of carbonyl (C=O) groups excluding carboxylic acids is 1. The molecule has 2 rings (SSSR count). The van der Waals surface area contributed by atoms with Crippen LogP contribution in [0.3, 0.4) is 0 Å². The minimum Gasteiger partial charge on any atom is -0.479 e. The van der Waals surface area contributed by atoms with Crippen molar-refractivity contribution in [2.75, 3.05) is 18.1 Å². The lowest BCUT2D eigenvalue weighted by Gasteiger charge is -2.19. The first-order chi connectivity index (χ1) is 8.22. The highest BCUT2D eigenvalue weighted by Gasteiger charge is 2.30. The number of nitrogens with zero attached hydrogens (tertiary/aromatic N) is 1. The molecule has 0 radical (unpaired) electrons. The zero-order valence-corrected chi connectivity index (χ0v) is 10.8. The third kappa shape index (κ3) is 2.62. The fraction of sp³-hybridized carbons (Fsp3) is 0.308. The number of hydrogen-bond acceptors (Lipinski definition) is 2. The highest BCUT2D eigenvalue weighted by atomic mass is 79.9. The summed E-state index contributed by atoms with van der Waals surface area (Å²) in [6, 6.07) is 7.44. The molecule has 1 aliphatic rings. The van der Waals surface area contributed by atoms with Crippen molar-refractivity contribution in [1.82, 2.24) is 0 Å². The molecular weight excluding hydrogens is 282 g/mol. The number of alkyl halides is 1.